The molecular formula is C12H21N3O. The van der Waals surface area contributed by atoms with Gasteiger partial charge < -0.3 is 22.3 Å². The van der Waals surface area contributed by atoms with Gasteiger partial charge in [0.05, 0.1) is 0 Å². The molecular weight excluding hydrogens is 202 g/mol. The Labute approximate surface area is 96.4 Å². The first-order valence-corrected chi connectivity index (χ1v) is 5.48. The number of benzene rings is 1. The molecule has 0 aromatic heterocycles. The standard InChI is InChI=1S/C12H21N3O/c1-6(13)9-4-10(7(2)14)12(16)11(5-9)8(3)15/h4-8,16H,13-15H2,1-3H3. The lowest BCUT2D eigenvalue weighted by molar-refractivity contribution is 0.451. The van der Waals surface area contributed by atoms with Gasteiger partial charge in [0.2, 0.25) is 0 Å². The van der Waals surface area contributed by atoms with Crippen LogP contribution in [0.15, 0.2) is 12.1 Å². The minimum absolute atomic E-state index is 0.101. The van der Waals surface area contributed by atoms with Crippen molar-refractivity contribution in [3.05, 3.63) is 28.8 Å². The first-order valence-electron chi connectivity index (χ1n) is 5.48. The predicted molar refractivity (Wildman–Crippen MR) is 65.9 cm³/mol. The van der Waals surface area contributed by atoms with Gasteiger partial charge in [-0.25, -0.2) is 0 Å². The zero-order valence-electron chi connectivity index (χ0n) is 10.1. The maximum absolute atomic E-state index is 10.0. The molecule has 4 heteroatoms. The van der Waals surface area contributed by atoms with Crippen LogP contribution >= 0.6 is 0 Å². The molecule has 0 aliphatic rings. The maximum atomic E-state index is 10.0. The van der Waals surface area contributed by atoms with Crippen molar-refractivity contribution in [2.45, 2.75) is 38.9 Å². The average Bonchev–Trinajstić information content (AvgIpc) is 2.16. The molecule has 16 heavy (non-hydrogen) atoms. The van der Waals surface area contributed by atoms with Crippen LogP contribution in [0.5, 0.6) is 5.75 Å². The molecule has 1 aromatic rings. The van der Waals surface area contributed by atoms with E-state index in [-0.39, 0.29) is 23.9 Å². The van der Waals surface area contributed by atoms with E-state index in [1.807, 2.05) is 32.9 Å². The second-order valence-corrected chi connectivity index (χ2v) is 4.41. The van der Waals surface area contributed by atoms with E-state index in [2.05, 4.69) is 0 Å². The predicted octanol–water partition coefficient (Wildman–Crippen LogP) is 1.45. The molecule has 0 amide bonds. The number of phenolic OH excluding ortho intramolecular Hbond substituents is 1. The summed E-state index contributed by atoms with van der Waals surface area (Å²) < 4.78 is 0. The smallest absolute Gasteiger partial charge is 0.125 e. The summed E-state index contributed by atoms with van der Waals surface area (Å²) in [5.74, 6) is 0.189. The van der Waals surface area contributed by atoms with Crippen LogP contribution < -0.4 is 17.2 Å². The first-order chi connectivity index (χ1) is 7.34. The Kier molecular flexibility index (Phi) is 3.91. The van der Waals surface area contributed by atoms with Gasteiger partial charge in [-0.2, -0.15) is 0 Å². The molecule has 3 unspecified atom stereocenters. The van der Waals surface area contributed by atoms with Crippen molar-refractivity contribution in [2.75, 3.05) is 0 Å². The van der Waals surface area contributed by atoms with E-state index in [0.717, 1.165) is 5.56 Å². The fraction of sp³-hybridized carbons (Fsp3) is 0.500. The molecule has 90 valence electrons. The Morgan fingerprint density at radius 2 is 1.25 bits per heavy atom. The third-order valence-electron chi connectivity index (χ3n) is 2.70. The minimum Gasteiger partial charge on any atom is -0.507 e. The molecule has 0 aliphatic carbocycles. The van der Waals surface area contributed by atoms with Crippen LogP contribution in [0.2, 0.25) is 0 Å². The van der Waals surface area contributed by atoms with Crippen molar-refractivity contribution >= 4 is 0 Å². The van der Waals surface area contributed by atoms with E-state index in [1.54, 1.807) is 0 Å². The number of hydrogen-bond donors (Lipinski definition) is 4. The molecule has 1 rings (SSSR count). The second-order valence-electron chi connectivity index (χ2n) is 4.41. The monoisotopic (exact) mass is 223 g/mol. The lowest BCUT2D eigenvalue weighted by Crippen LogP contribution is -2.14. The van der Waals surface area contributed by atoms with Gasteiger partial charge in [0.1, 0.15) is 5.75 Å². The van der Waals surface area contributed by atoms with Crippen molar-refractivity contribution in [1.82, 2.24) is 0 Å². The highest BCUT2D eigenvalue weighted by Gasteiger charge is 2.16. The number of hydrogen-bond acceptors (Lipinski definition) is 4. The fourth-order valence-electron chi connectivity index (χ4n) is 1.66. The number of aromatic hydroxyl groups is 1. The number of nitrogens with two attached hydrogens (primary N) is 3. The lowest BCUT2D eigenvalue weighted by Gasteiger charge is -2.18. The Bertz CT molecular complexity index is 344. The van der Waals surface area contributed by atoms with Gasteiger partial charge in [-0.1, -0.05) is 0 Å². The summed E-state index contributed by atoms with van der Waals surface area (Å²) in [5.41, 5.74) is 19.8. The van der Waals surface area contributed by atoms with Crippen LogP contribution in [0.4, 0.5) is 0 Å². The van der Waals surface area contributed by atoms with Gasteiger partial charge in [0, 0.05) is 29.3 Å². The second kappa shape index (κ2) is 4.82. The molecule has 0 saturated heterocycles. The number of phenols is 1. The van der Waals surface area contributed by atoms with E-state index in [4.69, 9.17) is 17.2 Å². The molecule has 0 saturated carbocycles. The maximum Gasteiger partial charge on any atom is 0.125 e. The fourth-order valence-corrected chi connectivity index (χ4v) is 1.66. The highest BCUT2D eigenvalue weighted by atomic mass is 16.3. The zero-order chi connectivity index (χ0) is 12.5. The van der Waals surface area contributed by atoms with Gasteiger partial charge in [-0.05, 0) is 38.5 Å². The van der Waals surface area contributed by atoms with Crippen LogP contribution in [0.25, 0.3) is 0 Å². The van der Waals surface area contributed by atoms with Crippen LogP contribution in [0.1, 0.15) is 55.6 Å². The van der Waals surface area contributed by atoms with E-state index < -0.39 is 0 Å². The van der Waals surface area contributed by atoms with Gasteiger partial charge in [0.15, 0.2) is 0 Å². The van der Waals surface area contributed by atoms with Crippen LogP contribution in [0, 0.1) is 0 Å². The summed E-state index contributed by atoms with van der Waals surface area (Å²) in [6.45, 7) is 5.54. The van der Waals surface area contributed by atoms with Crippen molar-refractivity contribution in [2.24, 2.45) is 17.2 Å². The van der Waals surface area contributed by atoms with Crippen molar-refractivity contribution < 1.29 is 5.11 Å². The first kappa shape index (κ1) is 13.0. The van der Waals surface area contributed by atoms with Crippen molar-refractivity contribution in [3.8, 4) is 5.75 Å². The molecule has 0 radical (unpaired) electrons. The molecule has 0 bridgehead atoms. The Morgan fingerprint density at radius 1 is 0.875 bits per heavy atom. The van der Waals surface area contributed by atoms with E-state index >= 15 is 0 Å². The largest absolute Gasteiger partial charge is 0.507 e. The molecule has 0 aliphatic heterocycles. The lowest BCUT2D eigenvalue weighted by atomic mass is 9.94. The summed E-state index contributed by atoms with van der Waals surface area (Å²) in [6, 6.07) is 3.11. The van der Waals surface area contributed by atoms with E-state index in [0.29, 0.717) is 11.1 Å². The van der Waals surface area contributed by atoms with Gasteiger partial charge in [-0.15, -0.1) is 0 Å². The average molecular weight is 223 g/mol. The topological polar surface area (TPSA) is 98.3 Å². The third-order valence-corrected chi connectivity index (χ3v) is 2.70. The Balaban J connectivity index is 3.39. The summed E-state index contributed by atoms with van der Waals surface area (Å²) in [5, 5.41) is 10.0. The molecule has 1 aromatic carbocycles. The highest BCUT2D eigenvalue weighted by Crippen LogP contribution is 2.33. The number of rotatable bonds is 3. The van der Waals surface area contributed by atoms with Crippen molar-refractivity contribution in [1.29, 1.82) is 0 Å². The SMILES string of the molecule is CC(N)c1cc(C(C)N)c(O)c(C(C)N)c1. The molecule has 7 N–H and O–H groups in total. The van der Waals surface area contributed by atoms with Gasteiger partial charge in [-0.3, -0.25) is 0 Å². The zero-order valence-corrected chi connectivity index (χ0v) is 10.1. The molecule has 0 spiro atoms. The van der Waals surface area contributed by atoms with E-state index in [9.17, 15) is 5.11 Å². The molecule has 0 fully saturated rings. The van der Waals surface area contributed by atoms with Crippen molar-refractivity contribution in [3.63, 3.8) is 0 Å². The minimum atomic E-state index is -0.240. The molecule has 3 atom stereocenters. The van der Waals surface area contributed by atoms with Gasteiger partial charge in [0.25, 0.3) is 0 Å². The summed E-state index contributed by atoms with van der Waals surface area (Å²) in [4.78, 5) is 0. The van der Waals surface area contributed by atoms with Crippen LogP contribution in [-0.2, 0) is 0 Å². The summed E-state index contributed by atoms with van der Waals surface area (Å²) in [7, 11) is 0. The normalized spacial score (nSPS) is 16.9. The molecule has 4 nitrogen and oxygen atoms in total. The molecule has 0 heterocycles. The summed E-state index contributed by atoms with van der Waals surface area (Å²) in [6.07, 6.45) is 0. The Morgan fingerprint density at radius 3 is 1.50 bits per heavy atom. The quantitative estimate of drug-likeness (QED) is 0.623. The summed E-state index contributed by atoms with van der Waals surface area (Å²) >= 11 is 0. The van der Waals surface area contributed by atoms with Crippen LogP contribution in [-0.4, -0.2) is 5.11 Å². The van der Waals surface area contributed by atoms with Gasteiger partial charge >= 0.3 is 0 Å². The third kappa shape index (κ3) is 2.52. The Hall–Kier alpha value is -1.10. The van der Waals surface area contributed by atoms with E-state index in [1.165, 1.54) is 0 Å². The highest BCUT2D eigenvalue weighted by molar-refractivity contribution is 5.47. The van der Waals surface area contributed by atoms with Crippen LogP contribution in [0.3, 0.4) is 0 Å².